The highest BCUT2D eigenvalue weighted by Gasteiger charge is 2.14. The van der Waals surface area contributed by atoms with E-state index in [9.17, 15) is 4.79 Å². The van der Waals surface area contributed by atoms with Crippen LogP contribution in [0.4, 0.5) is 5.69 Å². The summed E-state index contributed by atoms with van der Waals surface area (Å²) in [6.45, 7) is 1.95. The Morgan fingerprint density at radius 1 is 1.19 bits per heavy atom. The first-order valence-electron chi connectivity index (χ1n) is 6.18. The minimum atomic E-state index is -0.235. The quantitative estimate of drug-likeness (QED) is 0.246. The molecule has 2 aromatic carbocycles. The number of amidine groups is 1. The monoisotopic (exact) mass is 395 g/mol. The van der Waals surface area contributed by atoms with E-state index in [1.807, 2.05) is 19.1 Å². The van der Waals surface area contributed by atoms with Crippen LogP contribution in [-0.2, 0) is 0 Å². The summed E-state index contributed by atoms with van der Waals surface area (Å²) in [6.07, 6.45) is 0. The number of amides is 1. The van der Waals surface area contributed by atoms with Crippen molar-refractivity contribution in [2.24, 2.45) is 10.9 Å². The molecule has 21 heavy (non-hydrogen) atoms. The molecule has 1 amide bonds. The van der Waals surface area contributed by atoms with Crippen LogP contribution in [0.1, 0.15) is 21.5 Å². The maximum absolute atomic E-state index is 12.4. The third-order valence-electron chi connectivity index (χ3n) is 3.00. The summed E-state index contributed by atoms with van der Waals surface area (Å²) < 4.78 is 0.897. The van der Waals surface area contributed by atoms with Crippen molar-refractivity contribution in [3.8, 4) is 0 Å². The lowest BCUT2D eigenvalue weighted by Crippen LogP contribution is -2.19. The molecule has 0 radical (unpaired) electrons. The number of nitrogens with one attached hydrogen (secondary N) is 1. The lowest BCUT2D eigenvalue weighted by Gasteiger charge is -2.11. The van der Waals surface area contributed by atoms with Gasteiger partial charge in [-0.3, -0.25) is 4.79 Å². The third-order valence-corrected chi connectivity index (χ3v) is 4.43. The SMILES string of the molecule is Cc1cccc(C(=O)Nc2ccccc2/C(N)=N/O)c1I. The Morgan fingerprint density at radius 3 is 2.57 bits per heavy atom. The first-order chi connectivity index (χ1) is 10.0. The second-order valence-electron chi connectivity index (χ2n) is 4.42. The lowest BCUT2D eigenvalue weighted by atomic mass is 10.1. The number of nitrogens with two attached hydrogens (primary N) is 1. The molecular formula is C15H14IN3O2. The second kappa shape index (κ2) is 6.57. The molecule has 0 bridgehead atoms. The van der Waals surface area contributed by atoms with Crippen molar-refractivity contribution in [3.05, 3.63) is 62.7 Å². The lowest BCUT2D eigenvalue weighted by molar-refractivity contribution is 0.102. The number of carbonyl (C=O) groups excluding carboxylic acids is 1. The summed E-state index contributed by atoms with van der Waals surface area (Å²) in [7, 11) is 0. The van der Waals surface area contributed by atoms with E-state index in [1.165, 1.54) is 0 Å². The van der Waals surface area contributed by atoms with Gasteiger partial charge >= 0.3 is 0 Å². The van der Waals surface area contributed by atoms with Gasteiger partial charge in [-0.1, -0.05) is 29.4 Å². The van der Waals surface area contributed by atoms with Gasteiger partial charge < -0.3 is 16.3 Å². The highest BCUT2D eigenvalue weighted by molar-refractivity contribution is 14.1. The van der Waals surface area contributed by atoms with Gasteiger partial charge in [0.25, 0.3) is 5.91 Å². The summed E-state index contributed by atoms with van der Waals surface area (Å²) in [6, 6.07) is 12.4. The van der Waals surface area contributed by atoms with Crippen LogP contribution in [-0.4, -0.2) is 17.0 Å². The molecule has 0 atom stereocenters. The Bertz CT molecular complexity index is 714. The number of halogens is 1. The molecule has 108 valence electrons. The number of anilines is 1. The van der Waals surface area contributed by atoms with Gasteiger partial charge in [-0.15, -0.1) is 0 Å². The van der Waals surface area contributed by atoms with Gasteiger partial charge in [-0.25, -0.2) is 0 Å². The average Bonchev–Trinajstić information content (AvgIpc) is 2.49. The summed E-state index contributed by atoms with van der Waals surface area (Å²) >= 11 is 2.14. The molecule has 2 rings (SSSR count). The van der Waals surface area contributed by atoms with E-state index in [4.69, 9.17) is 10.9 Å². The Labute approximate surface area is 136 Å². The number of nitrogens with zero attached hydrogens (tertiary/aromatic N) is 1. The molecule has 2 aromatic rings. The van der Waals surface area contributed by atoms with Crippen molar-refractivity contribution in [1.29, 1.82) is 0 Å². The summed E-state index contributed by atoms with van der Waals surface area (Å²) in [5.41, 5.74) is 8.20. The van der Waals surface area contributed by atoms with Crippen LogP contribution in [0.3, 0.4) is 0 Å². The molecule has 0 fully saturated rings. The molecular weight excluding hydrogens is 381 g/mol. The fourth-order valence-electron chi connectivity index (χ4n) is 1.88. The Kier molecular flexibility index (Phi) is 4.79. The van der Waals surface area contributed by atoms with E-state index in [2.05, 4.69) is 33.1 Å². The van der Waals surface area contributed by atoms with Crippen molar-refractivity contribution in [1.82, 2.24) is 0 Å². The topological polar surface area (TPSA) is 87.7 Å². The summed E-state index contributed by atoms with van der Waals surface area (Å²) in [5.74, 6) is -0.286. The number of rotatable bonds is 3. The van der Waals surface area contributed by atoms with Crippen molar-refractivity contribution >= 4 is 40.0 Å². The number of hydrogen-bond acceptors (Lipinski definition) is 3. The van der Waals surface area contributed by atoms with Crippen molar-refractivity contribution < 1.29 is 10.0 Å². The molecule has 6 heteroatoms. The minimum Gasteiger partial charge on any atom is -0.409 e. The molecule has 5 nitrogen and oxygen atoms in total. The molecule has 0 heterocycles. The molecule has 0 aliphatic rings. The summed E-state index contributed by atoms with van der Waals surface area (Å²) in [5, 5.41) is 14.6. The van der Waals surface area contributed by atoms with E-state index in [-0.39, 0.29) is 11.7 Å². The zero-order valence-corrected chi connectivity index (χ0v) is 13.5. The predicted molar refractivity (Wildman–Crippen MR) is 90.8 cm³/mol. The van der Waals surface area contributed by atoms with Crippen LogP contribution in [0.2, 0.25) is 0 Å². The molecule has 0 saturated heterocycles. The Hall–Kier alpha value is -2.09. The largest absolute Gasteiger partial charge is 0.409 e. The van der Waals surface area contributed by atoms with Gasteiger partial charge in [0.15, 0.2) is 5.84 Å². The number of carbonyl (C=O) groups is 1. The van der Waals surface area contributed by atoms with E-state index in [0.29, 0.717) is 16.8 Å². The highest BCUT2D eigenvalue weighted by Crippen LogP contribution is 2.20. The molecule has 0 saturated carbocycles. The molecule has 4 N–H and O–H groups in total. The molecule has 0 unspecified atom stereocenters. The van der Waals surface area contributed by atoms with Gasteiger partial charge in [0.05, 0.1) is 11.3 Å². The third kappa shape index (κ3) is 3.33. The average molecular weight is 395 g/mol. The standard InChI is InChI=1S/C15H14IN3O2/c1-9-5-4-7-11(13(9)16)15(20)18-12-8-3-2-6-10(12)14(17)19-21/h2-8,21H,1H3,(H2,17,19)(H,18,20). The number of aryl methyl sites for hydroxylation is 1. The smallest absolute Gasteiger partial charge is 0.256 e. The fourth-order valence-corrected chi connectivity index (χ4v) is 2.49. The van der Waals surface area contributed by atoms with Crippen molar-refractivity contribution in [3.63, 3.8) is 0 Å². The first-order valence-corrected chi connectivity index (χ1v) is 7.26. The zero-order valence-electron chi connectivity index (χ0n) is 11.3. The normalized spacial score (nSPS) is 11.2. The number of para-hydroxylation sites is 1. The van der Waals surface area contributed by atoms with Gasteiger partial charge in [0, 0.05) is 9.13 Å². The maximum atomic E-state index is 12.4. The molecule has 0 spiro atoms. The van der Waals surface area contributed by atoms with E-state index in [0.717, 1.165) is 9.13 Å². The maximum Gasteiger partial charge on any atom is 0.256 e. The van der Waals surface area contributed by atoms with Crippen molar-refractivity contribution in [2.75, 3.05) is 5.32 Å². The second-order valence-corrected chi connectivity index (χ2v) is 5.50. The fraction of sp³-hybridized carbons (Fsp3) is 0.0667. The van der Waals surface area contributed by atoms with Crippen LogP contribution < -0.4 is 11.1 Å². The van der Waals surface area contributed by atoms with Crippen LogP contribution in [0, 0.1) is 10.5 Å². The zero-order chi connectivity index (χ0) is 15.4. The number of benzene rings is 2. The van der Waals surface area contributed by atoms with Gasteiger partial charge in [-0.2, -0.15) is 0 Å². The Balaban J connectivity index is 2.35. The van der Waals surface area contributed by atoms with Gasteiger partial charge in [0.1, 0.15) is 0 Å². The first kappa shape index (κ1) is 15.3. The van der Waals surface area contributed by atoms with E-state index in [1.54, 1.807) is 30.3 Å². The van der Waals surface area contributed by atoms with Crippen LogP contribution in [0.15, 0.2) is 47.6 Å². The van der Waals surface area contributed by atoms with Gasteiger partial charge in [0.2, 0.25) is 0 Å². The molecule has 0 aliphatic carbocycles. The summed E-state index contributed by atoms with van der Waals surface area (Å²) in [4.78, 5) is 12.4. The molecule has 0 aliphatic heterocycles. The van der Waals surface area contributed by atoms with E-state index < -0.39 is 0 Å². The van der Waals surface area contributed by atoms with Crippen LogP contribution in [0.5, 0.6) is 0 Å². The van der Waals surface area contributed by atoms with Crippen LogP contribution in [0.25, 0.3) is 0 Å². The minimum absolute atomic E-state index is 0.0511. The number of hydrogen-bond donors (Lipinski definition) is 3. The van der Waals surface area contributed by atoms with Crippen LogP contribution >= 0.6 is 22.6 Å². The van der Waals surface area contributed by atoms with Gasteiger partial charge in [-0.05, 0) is 53.3 Å². The van der Waals surface area contributed by atoms with E-state index >= 15 is 0 Å². The molecule has 0 aromatic heterocycles. The number of oxime groups is 1. The highest BCUT2D eigenvalue weighted by atomic mass is 127. The Morgan fingerprint density at radius 2 is 1.86 bits per heavy atom. The van der Waals surface area contributed by atoms with Crippen molar-refractivity contribution in [2.45, 2.75) is 6.92 Å². The predicted octanol–water partition coefficient (Wildman–Crippen LogP) is 2.95.